The Morgan fingerprint density at radius 1 is 0.854 bits per heavy atom. The maximum atomic E-state index is 12.4. The van der Waals surface area contributed by atoms with Crippen LogP contribution in [0.2, 0.25) is 0 Å². The van der Waals surface area contributed by atoms with Crippen LogP contribution in [0.3, 0.4) is 0 Å². The Kier molecular flexibility index (Phi) is 9.74. The summed E-state index contributed by atoms with van der Waals surface area (Å²) in [6.07, 6.45) is 0.956. The summed E-state index contributed by atoms with van der Waals surface area (Å²) in [6.45, 7) is 4.66. The SMILES string of the molecule is CC.NC(=O)Cc1ccc2ccccc2c1.O=C(O)C1CCCN1C(=O)OCC1c2ccccc2-c2ccccc21. The van der Waals surface area contributed by atoms with Gasteiger partial charge in [0.05, 0.1) is 6.42 Å². The van der Waals surface area contributed by atoms with Crippen molar-refractivity contribution < 1.29 is 24.2 Å². The molecule has 0 bridgehead atoms. The van der Waals surface area contributed by atoms with Gasteiger partial charge in [-0.25, -0.2) is 9.59 Å². The molecule has 3 N–H and O–H groups in total. The molecule has 4 aromatic carbocycles. The van der Waals surface area contributed by atoms with Crippen molar-refractivity contribution in [2.24, 2.45) is 5.73 Å². The third-order valence-corrected chi connectivity index (χ3v) is 7.30. The Labute approximate surface area is 240 Å². The number of benzene rings is 4. The van der Waals surface area contributed by atoms with Crippen LogP contribution in [-0.2, 0) is 20.7 Å². The minimum absolute atomic E-state index is 0.0118. The number of rotatable bonds is 5. The van der Waals surface area contributed by atoms with Gasteiger partial charge in [0.2, 0.25) is 5.91 Å². The van der Waals surface area contributed by atoms with Crippen LogP contribution in [-0.4, -0.2) is 47.2 Å². The van der Waals surface area contributed by atoms with Crippen LogP contribution in [0.5, 0.6) is 0 Å². The Morgan fingerprint density at radius 3 is 2.05 bits per heavy atom. The summed E-state index contributed by atoms with van der Waals surface area (Å²) in [6, 6.07) is 29.5. The Balaban J connectivity index is 0.000000205. The lowest BCUT2D eigenvalue weighted by molar-refractivity contribution is -0.141. The fourth-order valence-electron chi connectivity index (χ4n) is 5.47. The molecule has 2 amide bonds. The normalized spacial score (nSPS) is 15.1. The van der Waals surface area contributed by atoms with Crippen LogP contribution in [0.15, 0.2) is 91.0 Å². The number of amides is 2. The predicted molar refractivity (Wildman–Crippen MR) is 161 cm³/mol. The number of likely N-dealkylation sites (tertiary alicyclic amines) is 1. The first-order chi connectivity index (χ1) is 19.9. The molecule has 7 nitrogen and oxygen atoms in total. The number of hydrogen-bond donors (Lipinski definition) is 2. The van der Waals surface area contributed by atoms with Crippen LogP contribution in [0.1, 0.15) is 49.3 Å². The summed E-state index contributed by atoms with van der Waals surface area (Å²) in [5, 5.41) is 11.5. The number of nitrogens with zero attached hydrogens (tertiary/aromatic N) is 1. The molecule has 41 heavy (non-hydrogen) atoms. The summed E-state index contributed by atoms with van der Waals surface area (Å²) >= 11 is 0. The van der Waals surface area contributed by atoms with Gasteiger partial charge in [-0.2, -0.15) is 0 Å². The monoisotopic (exact) mass is 552 g/mol. The van der Waals surface area contributed by atoms with E-state index in [9.17, 15) is 19.5 Å². The number of carbonyl (C=O) groups is 3. The molecule has 0 aromatic heterocycles. The van der Waals surface area contributed by atoms with Crippen molar-refractivity contribution >= 4 is 28.7 Å². The van der Waals surface area contributed by atoms with Crippen LogP contribution in [0, 0.1) is 0 Å². The third-order valence-electron chi connectivity index (χ3n) is 7.30. The van der Waals surface area contributed by atoms with Crippen molar-refractivity contribution in [2.45, 2.75) is 45.1 Å². The molecule has 1 aliphatic carbocycles. The fourth-order valence-corrected chi connectivity index (χ4v) is 5.47. The van der Waals surface area contributed by atoms with Gasteiger partial charge in [-0.05, 0) is 51.4 Å². The van der Waals surface area contributed by atoms with E-state index in [0.717, 1.165) is 22.1 Å². The van der Waals surface area contributed by atoms with Crippen LogP contribution in [0.25, 0.3) is 21.9 Å². The maximum Gasteiger partial charge on any atom is 0.410 e. The Morgan fingerprint density at radius 2 is 1.44 bits per heavy atom. The Bertz CT molecular complexity index is 1490. The fraction of sp³-hybridized carbons (Fsp3) is 0.265. The molecular weight excluding hydrogens is 516 g/mol. The number of ether oxygens (including phenoxy) is 1. The first-order valence-corrected chi connectivity index (χ1v) is 14.0. The van der Waals surface area contributed by atoms with E-state index in [0.29, 0.717) is 25.8 Å². The van der Waals surface area contributed by atoms with Crippen LogP contribution < -0.4 is 5.73 Å². The van der Waals surface area contributed by atoms with Gasteiger partial charge in [-0.3, -0.25) is 9.69 Å². The zero-order valence-electron chi connectivity index (χ0n) is 23.5. The van der Waals surface area contributed by atoms with Gasteiger partial charge < -0.3 is 15.6 Å². The van der Waals surface area contributed by atoms with Crippen LogP contribution in [0.4, 0.5) is 4.79 Å². The first-order valence-electron chi connectivity index (χ1n) is 14.0. The van der Waals surface area contributed by atoms with E-state index in [1.54, 1.807) is 0 Å². The van der Waals surface area contributed by atoms with E-state index in [2.05, 4.69) is 24.3 Å². The lowest BCUT2D eigenvalue weighted by Crippen LogP contribution is -2.41. The molecule has 1 fully saturated rings. The molecular formula is C34H36N2O5. The number of primary amides is 1. The molecule has 1 saturated heterocycles. The van der Waals surface area contributed by atoms with Gasteiger partial charge >= 0.3 is 12.1 Å². The van der Waals surface area contributed by atoms with Gasteiger partial charge in [0.25, 0.3) is 0 Å². The minimum atomic E-state index is -0.967. The molecule has 4 aromatic rings. The van der Waals surface area contributed by atoms with Crippen molar-refractivity contribution in [2.75, 3.05) is 13.2 Å². The average Bonchev–Trinajstić information content (AvgIpc) is 3.61. The number of carboxylic acids is 1. The quantitative estimate of drug-likeness (QED) is 0.299. The topological polar surface area (TPSA) is 110 Å². The molecule has 1 atom stereocenters. The van der Waals surface area contributed by atoms with Crippen LogP contribution >= 0.6 is 0 Å². The molecule has 1 heterocycles. The second kappa shape index (κ2) is 13.6. The zero-order valence-corrected chi connectivity index (χ0v) is 23.5. The van der Waals surface area contributed by atoms with E-state index in [1.165, 1.54) is 21.4 Å². The highest BCUT2D eigenvalue weighted by Gasteiger charge is 2.36. The van der Waals surface area contributed by atoms with Crippen molar-refractivity contribution in [3.8, 4) is 11.1 Å². The van der Waals surface area contributed by atoms with E-state index in [1.807, 2.05) is 80.6 Å². The first kappa shape index (κ1) is 29.3. The van der Waals surface area contributed by atoms with Crippen molar-refractivity contribution in [1.82, 2.24) is 4.90 Å². The summed E-state index contributed by atoms with van der Waals surface area (Å²) in [4.78, 5) is 35.7. The molecule has 0 radical (unpaired) electrons. The molecule has 2 aliphatic rings. The van der Waals surface area contributed by atoms with Gasteiger partial charge in [0.15, 0.2) is 0 Å². The number of fused-ring (bicyclic) bond motifs is 4. The van der Waals surface area contributed by atoms with E-state index < -0.39 is 18.1 Å². The van der Waals surface area contributed by atoms with Gasteiger partial charge in [-0.15, -0.1) is 0 Å². The number of nitrogens with two attached hydrogens (primary N) is 1. The van der Waals surface area contributed by atoms with E-state index >= 15 is 0 Å². The molecule has 6 rings (SSSR count). The van der Waals surface area contributed by atoms with Crippen molar-refractivity contribution in [3.63, 3.8) is 0 Å². The van der Waals surface area contributed by atoms with E-state index in [-0.39, 0.29) is 18.4 Å². The summed E-state index contributed by atoms with van der Waals surface area (Å²) in [7, 11) is 0. The Hall–Kier alpha value is -4.65. The van der Waals surface area contributed by atoms with Crippen molar-refractivity contribution in [3.05, 3.63) is 108 Å². The predicted octanol–water partition coefficient (Wildman–Crippen LogP) is 6.38. The molecule has 0 saturated carbocycles. The standard InChI is InChI=1S/C20H19NO4.C12H11NO.C2H6/c22-19(23)18-10-5-11-21(18)20(24)25-12-17-15-8-3-1-6-13(15)14-7-2-4-9-16(14)17;13-12(14)8-9-5-6-10-3-1-2-4-11(10)7-9;1-2/h1-4,6-9,17-18H,5,10-12H2,(H,22,23);1-7H,8H2,(H2,13,14);1-2H3. The summed E-state index contributed by atoms with van der Waals surface area (Å²) in [5.41, 5.74) is 10.7. The number of aliphatic carboxylic acids is 1. The molecule has 1 unspecified atom stereocenters. The molecule has 7 heteroatoms. The van der Waals surface area contributed by atoms with Crippen molar-refractivity contribution in [1.29, 1.82) is 0 Å². The lowest BCUT2D eigenvalue weighted by Gasteiger charge is -2.22. The molecule has 212 valence electrons. The lowest BCUT2D eigenvalue weighted by atomic mass is 9.98. The van der Waals surface area contributed by atoms with Gasteiger partial charge in [0.1, 0.15) is 12.6 Å². The highest BCUT2D eigenvalue weighted by atomic mass is 16.6. The average molecular weight is 553 g/mol. The number of carboxylic acid groups (broad SMARTS) is 1. The number of hydrogen-bond acceptors (Lipinski definition) is 4. The van der Waals surface area contributed by atoms with E-state index in [4.69, 9.17) is 10.5 Å². The summed E-state index contributed by atoms with van der Waals surface area (Å²) < 4.78 is 5.53. The molecule has 0 spiro atoms. The maximum absolute atomic E-state index is 12.4. The highest BCUT2D eigenvalue weighted by Crippen LogP contribution is 2.44. The third kappa shape index (κ3) is 6.74. The zero-order chi connectivity index (χ0) is 29.4. The second-order valence-electron chi connectivity index (χ2n) is 9.82. The smallest absolute Gasteiger partial charge is 0.410 e. The summed E-state index contributed by atoms with van der Waals surface area (Å²) in [5.74, 6) is -1.27. The van der Waals surface area contributed by atoms with Gasteiger partial charge in [0, 0.05) is 12.5 Å². The highest BCUT2D eigenvalue weighted by molar-refractivity contribution is 5.85. The second-order valence-corrected chi connectivity index (χ2v) is 9.82. The number of carbonyl (C=O) groups excluding carboxylic acids is 2. The minimum Gasteiger partial charge on any atom is -0.480 e. The van der Waals surface area contributed by atoms with Gasteiger partial charge in [-0.1, -0.05) is 105 Å². The largest absolute Gasteiger partial charge is 0.480 e. The molecule has 1 aliphatic heterocycles.